The Hall–Kier alpha value is -0.830. The molecule has 0 bridgehead atoms. The van der Waals surface area contributed by atoms with Gasteiger partial charge < -0.3 is 5.32 Å². The summed E-state index contributed by atoms with van der Waals surface area (Å²) in [4.78, 5) is 12.2. The topological polar surface area (TPSA) is 29.1 Å². The van der Waals surface area contributed by atoms with Gasteiger partial charge in [0.1, 0.15) is 0 Å². The number of amides is 1. The van der Waals surface area contributed by atoms with E-state index in [1.54, 1.807) is 0 Å². The molecular weight excluding hydrogens is 278 g/mol. The molecular formula is C14H20BrNO. The van der Waals surface area contributed by atoms with E-state index in [0.717, 1.165) is 22.9 Å². The largest absolute Gasteiger partial charge is 0.347 e. The lowest BCUT2D eigenvalue weighted by Gasteiger charge is -2.28. The zero-order valence-electron chi connectivity index (χ0n) is 10.9. The molecule has 0 saturated heterocycles. The number of rotatable bonds is 4. The summed E-state index contributed by atoms with van der Waals surface area (Å²) in [6.45, 7) is 8.25. The Bertz CT molecular complexity index is 411. The first-order valence-corrected chi connectivity index (χ1v) is 6.80. The van der Waals surface area contributed by atoms with Crippen LogP contribution < -0.4 is 5.32 Å². The van der Waals surface area contributed by atoms with E-state index in [4.69, 9.17) is 0 Å². The molecule has 2 nitrogen and oxygen atoms in total. The first-order chi connectivity index (χ1) is 7.93. The molecule has 0 unspecified atom stereocenters. The normalized spacial score (nSPS) is 11.4. The van der Waals surface area contributed by atoms with E-state index in [2.05, 4.69) is 42.0 Å². The van der Waals surface area contributed by atoms with Crippen LogP contribution >= 0.6 is 15.9 Å². The second-order valence-electron chi connectivity index (χ2n) is 4.66. The fourth-order valence-corrected chi connectivity index (χ4v) is 2.04. The van der Waals surface area contributed by atoms with Crippen LogP contribution in [-0.4, -0.2) is 11.4 Å². The fraction of sp³-hybridized carbons (Fsp3) is 0.500. The Morgan fingerprint density at radius 2 is 1.94 bits per heavy atom. The van der Waals surface area contributed by atoms with E-state index in [9.17, 15) is 4.79 Å². The Labute approximate surface area is 112 Å². The lowest BCUT2D eigenvalue weighted by molar-refractivity contribution is 0.0900. The summed E-state index contributed by atoms with van der Waals surface area (Å²) in [7, 11) is 0. The van der Waals surface area contributed by atoms with Crippen LogP contribution in [0, 0.1) is 6.92 Å². The lowest BCUT2D eigenvalue weighted by atomic mass is 9.95. The minimum absolute atomic E-state index is 0.00762. The van der Waals surface area contributed by atoms with Gasteiger partial charge in [-0.25, -0.2) is 0 Å². The summed E-state index contributed by atoms with van der Waals surface area (Å²) in [5, 5.41) is 3.11. The molecule has 0 fully saturated rings. The standard InChI is InChI=1S/C14H20BrNO/c1-5-14(4,6-2)16-13(17)11-9-7-8-10(3)12(11)15/h7-9H,5-6H2,1-4H3,(H,16,17). The van der Waals surface area contributed by atoms with Crippen molar-refractivity contribution in [2.45, 2.75) is 46.1 Å². The summed E-state index contributed by atoms with van der Waals surface area (Å²) in [6, 6.07) is 5.74. The molecule has 0 aromatic heterocycles. The first-order valence-electron chi connectivity index (χ1n) is 6.01. The van der Waals surface area contributed by atoms with Crippen molar-refractivity contribution in [3.05, 3.63) is 33.8 Å². The summed E-state index contributed by atoms with van der Waals surface area (Å²) in [6.07, 6.45) is 1.86. The van der Waals surface area contributed by atoms with E-state index < -0.39 is 0 Å². The zero-order chi connectivity index (χ0) is 13.1. The molecule has 1 N–H and O–H groups in total. The van der Waals surface area contributed by atoms with E-state index in [0.29, 0.717) is 5.56 Å². The van der Waals surface area contributed by atoms with Gasteiger partial charge in [-0.2, -0.15) is 0 Å². The highest BCUT2D eigenvalue weighted by Crippen LogP contribution is 2.22. The first kappa shape index (κ1) is 14.2. The molecule has 0 spiro atoms. The Morgan fingerprint density at radius 1 is 1.35 bits per heavy atom. The molecule has 94 valence electrons. The monoisotopic (exact) mass is 297 g/mol. The number of benzene rings is 1. The second-order valence-corrected chi connectivity index (χ2v) is 5.45. The van der Waals surface area contributed by atoms with Gasteiger partial charge in [0, 0.05) is 10.0 Å². The second kappa shape index (κ2) is 5.67. The predicted molar refractivity (Wildman–Crippen MR) is 75.3 cm³/mol. The third kappa shape index (κ3) is 3.32. The average Bonchev–Trinajstić information content (AvgIpc) is 2.32. The number of carbonyl (C=O) groups is 1. The van der Waals surface area contributed by atoms with Gasteiger partial charge in [0.25, 0.3) is 5.91 Å². The van der Waals surface area contributed by atoms with E-state index in [1.807, 2.05) is 25.1 Å². The molecule has 0 aliphatic rings. The molecule has 0 aliphatic carbocycles. The highest BCUT2D eigenvalue weighted by atomic mass is 79.9. The predicted octanol–water partition coefficient (Wildman–Crippen LogP) is 4.07. The number of aryl methyl sites for hydroxylation is 1. The van der Waals surface area contributed by atoms with Crippen LogP contribution in [-0.2, 0) is 0 Å². The summed E-state index contributed by atoms with van der Waals surface area (Å²) in [5.41, 5.74) is 1.66. The van der Waals surface area contributed by atoms with Crippen LogP contribution in [0.25, 0.3) is 0 Å². The third-order valence-corrected chi connectivity index (χ3v) is 4.46. The average molecular weight is 298 g/mol. The molecule has 1 aromatic rings. The minimum Gasteiger partial charge on any atom is -0.347 e. The van der Waals surface area contributed by atoms with E-state index >= 15 is 0 Å². The molecule has 0 radical (unpaired) electrons. The van der Waals surface area contributed by atoms with Crippen molar-refractivity contribution in [3.8, 4) is 0 Å². The van der Waals surface area contributed by atoms with Crippen molar-refractivity contribution in [3.63, 3.8) is 0 Å². The fourth-order valence-electron chi connectivity index (χ4n) is 1.59. The van der Waals surface area contributed by atoms with E-state index in [-0.39, 0.29) is 11.4 Å². The number of halogens is 1. The molecule has 0 saturated carbocycles. The van der Waals surface area contributed by atoms with Gasteiger partial charge in [-0.3, -0.25) is 4.79 Å². The maximum Gasteiger partial charge on any atom is 0.252 e. The molecule has 17 heavy (non-hydrogen) atoms. The van der Waals surface area contributed by atoms with Crippen molar-refractivity contribution in [2.75, 3.05) is 0 Å². The maximum atomic E-state index is 12.2. The van der Waals surface area contributed by atoms with Crippen LogP contribution in [0.2, 0.25) is 0 Å². The third-order valence-electron chi connectivity index (χ3n) is 3.41. The van der Waals surface area contributed by atoms with Gasteiger partial charge in [0.2, 0.25) is 0 Å². The zero-order valence-corrected chi connectivity index (χ0v) is 12.5. The Balaban J connectivity index is 2.94. The highest BCUT2D eigenvalue weighted by Gasteiger charge is 2.23. The maximum absolute atomic E-state index is 12.2. The van der Waals surface area contributed by atoms with Crippen LogP contribution in [0.1, 0.15) is 49.5 Å². The van der Waals surface area contributed by atoms with Crippen LogP contribution in [0.5, 0.6) is 0 Å². The molecule has 3 heteroatoms. The van der Waals surface area contributed by atoms with Gasteiger partial charge in [0.05, 0.1) is 5.56 Å². The van der Waals surface area contributed by atoms with Gasteiger partial charge in [-0.1, -0.05) is 26.0 Å². The van der Waals surface area contributed by atoms with E-state index in [1.165, 1.54) is 0 Å². The minimum atomic E-state index is -0.125. The van der Waals surface area contributed by atoms with Crippen molar-refractivity contribution >= 4 is 21.8 Å². The van der Waals surface area contributed by atoms with Gasteiger partial charge in [0.15, 0.2) is 0 Å². The summed E-state index contributed by atoms with van der Waals surface area (Å²) < 4.78 is 0.882. The molecule has 1 rings (SSSR count). The van der Waals surface area contributed by atoms with Crippen molar-refractivity contribution in [2.24, 2.45) is 0 Å². The molecule has 0 aliphatic heterocycles. The SMILES string of the molecule is CCC(C)(CC)NC(=O)c1cccc(C)c1Br. The van der Waals surface area contributed by atoms with Crippen molar-refractivity contribution < 1.29 is 4.79 Å². The smallest absolute Gasteiger partial charge is 0.252 e. The number of carbonyl (C=O) groups excluding carboxylic acids is 1. The van der Waals surface area contributed by atoms with Crippen molar-refractivity contribution in [1.29, 1.82) is 0 Å². The summed E-state index contributed by atoms with van der Waals surface area (Å²) >= 11 is 3.47. The number of hydrogen-bond acceptors (Lipinski definition) is 1. The molecule has 1 aromatic carbocycles. The highest BCUT2D eigenvalue weighted by molar-refractivity contribution is 9.10. The lowest BCUT2D eigenvalue weighted by Crippen LogP contribution is -2.45. The molecule has 0 heterocycles. The number of hydrogen-bond donors (Lipinski definition) is 1. The molecule has 1 amide bonds. The van der Waals surface area contributed by atoms with Crippen LogP contribution in [0.4, 0.5) is 0 Å². The van der Waals surface area contributed by atoms with Gasteiger partial charge in [-0.15, -0.1) is 0 Å². The Kier molecular flexibility index (Phi) is 4.75. The van der Waals surface area contributed by atoms with Crippen LogP contribution in [0.15, 0.2) is 22.7 Å². The summed E-state index contributed by atoms with van der Waals surface area (Å²) in [5.74, 6) is -0.00762. The molecule has 0 atom stereocenters. The van der Waals surface area contributed by atoms with Crippen LogP contribution in [0.3, 0.4) is 0 Å². The number of nitrogens with one attached hydrogen (secondary N) is 1. The van der Waals surface area contributed by atoms with Gasteiger partial charge in [-0.05, 0) is 54.2 Å². The van der Waals surface area contributed by atoms with Gasteiger partial charge >= 0.3 is 0 Å². The van der Waals surface area contributed by atoms with Crippen molar-refractivity contribution in [1.82, 2.24) is 5.32 Å². The Morgan fingerprint density at radius 3 is 2.47 bits per heavy atom. The quantitative estimate of drug-likeness (QED) is 0.892.